The van der Waals surface area contributed by atoms with Crippen molar-refractivity contribution >= 4 is 5.82 Å². The van der Waals surface area contributed by atoms with E-state index in [1.165, 1.54) is 0 Å². The van der Waals surface area contributed by atoms with Gasteiger partial charge in [0, 0.05) is 25.4 Å². The fourth-order valence-corrected chi connectivity index (χ4v) is 1.36. The zero-order valence-electron chi connectivity index (χ0n) is 11.5. The number of rotatable bonds is 5. The molecule has 4 heteroatoms. The first-order valence-corrected chi connectivity index (χ1v) is 6.01. The number of aromatic nitrogens is 2. The van der Waals surface area contributed by atoms with Crippen LogP contribution in [0.2, 0.25) is 0 Å². The summed E-state index contributed by atoms with van der Waals surface area (Å²) in [5.74, 6) is 1.58. The summed E-state index contributed by atoms with van der Waals surface area (Å²) in [5.41, 5.74) is 1.27. The summed E-state index contributed by atoms with van der Waals surface area (Å²) >= 11 is 0. The lowest BCUT2D eigenvalue weighted by atomic mass is 9.93. The van der Waals surface area contributed by atoms with Gasteiger partial charge in [-0.05, 0) is 18.8 Å². The van der Waals surface area contributed by atoms with Gasteiger partial charge in [0.05, 0.1) is 0 Å². The van der Waals surface area contributed by atoms with Crippen LogP contribution in [0.4, 0.5) is 5.82 Å². The van der Waals surface area contributed by atoms with Gasteiger partial charge in [-0.15, -0.1) is 0 Å². The standard InChI is InChI=1S/C13H23N3O/c1-10-8-11(14-5)16-12(15-10)9-17-7-6-13(2,3)4/h8H,6-7,9H2,1-5H3,(H,14,15,16). The SMILES string of the molecule is CNc1cc(C)nc(COCCC(C)(C)C)n1. The van der Waals surface area contributed by atoms with Crippen molar-refractivity contribution in [3.05, 3.63) is 17.6 Å². The van der Waals surface area contributed by atoms with Gasteiger partial charge < -0.3 is 10.1 Å². The van der Waals surface area contributed by atoms with Crippen LogP contribution in [0.1, 0.15) is 38.7 Å². The molecule has 1 aromatic heterocycles. The van der Waals surface area contributed by atoms with Crippen molar-refractivity contribution in [2.24, 2.45) is 5.41 Å². The summed E-state index contributed by atoms with van der Waals surface area (Å²) in [4.78, 5) is 8.68. The summed E-state index contributed by atoms with van der Waals surface area (Å²) < 4.78 is 5.60. The third-order valence-corrected chi connectivity index (χ3v) is 2.38. The highest BCUT2D eigenvalue weighted by atomic mass is 16.5. The highest BCUT2D eigenvalue weighted by molar-refractivity contribution is 5.34. The fourth-order valence-electron chi connectivity index (χ4n) is 1.36. The van der Waals surface area contributed by atoms with Crippen LogP contribution >= 0.6 is 0 Å². The third-order valence-electron chi connectivity index (χ3n) is 2.38. The summed E-state index contributed by atoms with van der Waals surface area (Å²) in [6.45, 7) is 9.80. The predicted molar refractivity (Wildman–Crippen MR) is 70.0 cm³/mol. The van der Waals surface area contributed by atoms with Crippen molar-refractivity contribution in [2.75, 3.05) is 19.0 Å². The van der Waals surface area contributed by atoms with Crippen LogP contribution in [0.25, 0.3) is 0 Å². The maximum atomic E-state index is 5.60. The molecule has 0 saturated heterocycles. The van der Waals surface area contributed by atoms with Crippen molar-refractivity contribution in [3.63, 3.8) is 0 Å². The van der Waals surface area contributed by atoms with E-state index in [0.29, 0.717) is 12.0 Å². The topological polar surface area (TPSA) is 47.0 Å². The average Bonchev–Trinajstić information content (AvgIpc) is 2.22. The van der Waals surface area contributed by atoms with Crippen LogP contribution in [0.5, 0.6) is 0 Å². The van der Waals surface area contributed by atoms with Crippen molar-refractivity contribution in [2.45, 2.75) is 40.7 Å². The Morgan fingerprint density at radius 3 is 2.59 bits per heavy atom. The Bertz CT molecular complexity index is 358. The van der Waals surface area contributed by atoms with Gasteiger partial charge in [-0.2, -0.15) is 0 Å². The quantitative estimate of drug-likeness (QED) is 0.800. The zero-order valence-corrected chi connectivity index (χ0v) is 11.5. The van der Waals surface area contributed by atoms with Gasteiger partial charge in [0.25, 0.3) is 0 Å². The molecular weight excluding hydrogens is 214 g/mol. The molecule has 0 fully saturated rings. The first-order valence-electron chi connectivity index (χ1n) is 6.01. The maximum absolute atomic E-state index is 5.60. The number of nitrogens with one attached hydrogen (secondary N) is 1. The Morgan fingerprint density at radius 1 is 1.29 bits per heavy atom. The number of hydrogen-bond donors (Lipinski definition) is 1. The summed E-state index contributed by atoms with van der Waals surface area (Å²) in [5, 5.41) is 3.02. The molecule has 1 rings (SSSR count). The van der Waals surface area contributed by atoms with Gasteiger partial charge in [-0.3, -0.25) is 0 Å². The van der Waals surface area contributed by atoms with E-state index in [0.717, 1.165) is 30.4 Å². The smallest absolute Gasteiger partial charge is 0.156 e. The predicted octanol–water partition coefficient (Wildman–Crippen LogP) is 2.78. The molecule has 17 heavy (non-hydrogen) atoms. The summed E-state index contributed by atoms with van der Waals surface area (Å²) in [6, 6.07) is 1.92. The number of anilines is 1. The highest BCUT2D eigenvalue weighted by Crippen LogP contribution is 2.18. The lowest BCUT2D eigenvalue weighted by molar-refractivity contribution is 0.0917. The molecule has 0 aliphatic carbocycles. The number of hydrogen-bond acceptors (Lipinski definition) is 4. The van der Waals surface area contributed by atoms with Crippen LogP contribution in [0.3, 0.4) is 0 Å². The molecule has 0 amide bonds. The molecule has 0 radical (unpaired) electrons. The van der Waals surface area contributed by atoms with E-state index < -0.39 is 0 Å². The minimum atomic E-state index is 0.309. The van der Waals surface area contributed by atoms with Gasteiger partial charge in [0.2, 0.25) is 0 Å². The van der Waals surface area contributed by atoms with Crippen molar-refractivity contribution in [3.8, 4) is 0 Å². The second kappa shape index (κ2) is 5.96. The second-order valence-corrected chi connectivity index (χ2v) is 5.42. The fraction of sp³-hybridized carbons (Fsp3) is 0.692. The number of nitrogens with zero attached hydrogens (tertiary/aromatic N) is 2. The van der Waals surface area contributed by atoms with Gasteiger partial charge in [0.1, 0.15) is 12.4 Å². The van der Waals surface area contributed by atoms with E-state index in [4.69, 9.17) is 4.74 Å². The van der Waals surface area contributed by atoms with E-state index in [2.05, 4.69) is 36.1 Å². The average molecular weight is 237 g/mol. The maximum Gasteiger partial charge on any atom is 0.156 e. The van der Waals surface area contributed by atoms with Crippen LogP contribution in [-0.4, -0.2) is 23.6 Å². The van der Waals surface area contributed by atoms with Crippen molar-refractivity contribution in [1.82, 2.24) is 9.97 Å². The molecule has 0 spiro atoms. The normalized spacial score (nSPS) is 11.6. The van der Waals surface area contributed by atoms with Crippen LogP contribution in [0, 0.1) is 12.3 Å². The molecule has 0 aromatic carbocycles. The zero-order chi connectivity index (χ0) is 12.9. The monoisotopic (exact) mass is 237 g/mol. The first-order chi connectivity index (χ1) is 7.90. The summed E-state index contributed by atoms with van der Waals surface area (Å²) in [6.07, 6.45) is 1.04. The Morgan fingerprint density at radius 2 is 2.00 bits per heavy atom. The van der Waals surface area contributed by atoms with Crippen LogP contribution in [-0.2, 0) is 11.3 Å². The molecule has 0 unspecified atom stereocenters. The van der Waals surface area contributed by atoms with E-state index in [9.17, 15) is 0 Å². The third kappa shape index (κ3) is 5.63. The molecule has 4 nitrogen and oxygen atoms in total. The molecule has 0 atom stereocenters. The lowest BCUT2D eigenvalue weighted by Gasteiger charge is -2.17. The number of ether oxygens (including phenoxy) is 1. The van der Waals surface area contributed by atoms with Crippen molar-refractivity contribution in [1.29, 1.82) is 0 Å². The van der Waals surface area contributed by atoms with Crippen LogP contribution in [0.15, 0.2) is 6.07 Å². The van der Waals surface area contributed by atoms with E-state index in [-0.39, 0.29) is 0 Å². The molecule has 1 heterocycles. The lowest BCUT2D eigenvalue weighted by Crippen LogP contribution is -2.10. The van der Waals surface area contributed by atoms with Gasteiger partial charge in [-0.25, -0.2) is 9.97 Å². The first kappa shape index (κ1) is 13.9. The Hall–Kier alpha value is -1.16. The Kier molecular flexibility index (Phi) is 4.87. The van der Waals surface area contributed by atoms with Gasteiger partial charge >= 0.3 is 0 Å². The van der Waals surface area contributed by atoms with E-state index in [1.54, 1.807) is 0 Å². The molecule has 0 bridgehead atoms. The summed E-state index contributed by atoms with van der Waals surface area (Å²) in [7, 11) is 1.85. The van der Waals surface area contributed by atoms with E-state index >= 15 is 0 Å². The molecule has 0 aliphatic rings. The molecule has 0 aliphatic heterocycles. The van der Waals surface area contributed by atoms with Crippen LogP contribution < -0.4 is 5.32 Å². The molecule has 1 aromatic rings. The van der Waals surface area contributed by atoms with Crippen molar-refractivity contribution < 1.29 is 4.74 Å². The molecular formula is C13H23N3O. The second-order valence-electron chi connectivity index (χ2n) is 5.42. The van der Waals surface area contributed by atoms with Gasteiger partial charge in [-0.1, -0.05) is 20.8 Å². The molecule has 0 saturated carbocycles. The molecule has 1 N–H and O–H groups in total. The number of aryl methyl sites for hydroxylation is 1. The Labute approximate surface area is 104 Å². The molecule has 96 valence electrons. The van der Waals surface area contributed by atoms with Gasteiger partial charge in [0.15, 0.2) is 5.82 Å². The van der Waals surface area contributed by atoms with E-state index in [1.807, 2.05) is 20.0 Å². The Balaban J connectivity index is 2.44. The minimum absolute atomic E-state index is 0.309. The highest BCUT2D eigenvalue weighted by Gasteiger charge is 2.09. The minimum Gasteiger partial charge on any atom is -0.373 e. The largest absolute Gasteiger partial charge is 0.373 e.